The van der Waals surface area contributed by atoms with Crippen LogP contribution in [0.15, 0.2) is 54.6 Å². The Hall–Kier alpha value is -2.33. The van der Waals surface area contributed by atoms with Crippen LogP contribution in [0, 0.1) is 0 Å². The number of rotatable bonds is 4. The van der Waals surface area contributed by atoms with Gasteiger partial charge in [-0.1, -0.05) is 54.1 Å². The molecule has 0 radical (unpaired) electrons. The Bertz CT molecular complexity index is 771. The van der Waals surface area contributed by atoms with Crippen molar-refractivity contribution in [2.45, 2.75) is 19.3 Å². The van der Waals surface area contributed by atoms with Gasteiger partial charge in [0.05, 0.1) is 0 Å². The molecular formula is C21H23ClN2O2. The number of benzene rings is 2. The molecule has 0 aromatic heterocycles. The minimum absolute atomic E-state index is 0.0340. The molecule has 4 nitrogen and oxygen atoms in total. The Labute approximate surface area is 159 Å². The zero-order valence-corrected chi connectivity index (χ0v) is 15.7. The van der Waals surface area contributed by atoms with Crippen LogP contribution in [0.2, 0.25) is 5.02 Å². The molecule has 1 saturated heterocycles. The molecule has 1 heterocycles. The van der Waals surface area contributed by atoms with Crippen LogP contribution in [0.5, 0.6) is 0 Å². The van der Waals surface area contributed by atoms with Gasteiger partial charge < -0.3 is 9.80 Å². The molecule has 136 valence electrons. The molecule has 0 bridgehead atoms. The Balaban J connectivity index is 1.76. The van der Waals surface area contributed by atoms with Crippen LogP contribution < -0.4 is 0 Å². The number of hydrogen-bond donors (Lipinski definition) is 0. The molecule has 1 aliphatic rings. The van der Waals surface area contributed by atoms with Gasteiger partial charge in [-0.2, -0.15) is 0 Å². The van der Waals surface area contributed by atoms with Gasteiger partial charge in [-0.25, -0.2) is 0 Å². The van der Waals surface area contributed by atoms with Gasteiger partial charge in [-0.05, 0) is 23.3 Å². The lowest BCUT2D eigenvalue weighted by atomic mass is 9.88. The lowest BCUT2D eigenvalue weighted by Gasteiger charge is -2.35. The average molecular weight is 371 g/mol. The second kappa shape index (κ2) is 8.37. The number of nitrogens with zero attached hydrogens (tertiary/aromatic N) is 2. The van der Waals surface area contributed by atoms with E-state index in [4.69, 9.17) is 11.6 Å². The Morgan fingerprint density at radius 2 is 1.54 bits per heavy atom. The molecule has 2 amide bonds. The Morgan fingerprint density at radius 3 is 2.15 bits per heavy atom. The average Bonchev–Trinajstić information content (AvgIpc) is 2.66. The van der Waals surface area contributed by atoms with E-state index < -0.39 is 0 Å². The van der Waals surface area contributed by atoms with Crippen LogP contribution in [0.4, 0.5) is 0 Å². The third kappa shape index (κ3) is 4.44. The van der Waals surface area contributed by atoms with E-state index in [1.54, 1.807) is 11.8 Å². The van der Waals surface area contributed by atoms with Crippen molar-refractivity contribution in [3.8, 4) is 0 Å². The van der Waals surface area contributed by atoms with Gasteiger partial charge in [-0.15, -0.1) is 0 Å². The van der Waals surface area contributed by atoms with Gasteiger partial charge in [0, 0.05) is 50.5 Å². The van der Waals surface area contributed by atoms with Gasteiger partial charge in [0.1, 0.15) is 0 Å². The first kappa shape index (κ1) is 18.5. The van der Waals surface area contributed by atoms with Crippen molar-refractivity contribution in [2.24, 2.45) is 0 Å². The van der Waals surface area contributed by atoms with Crippen molar-refractivity contribution in [1.82, 2.24) is 9.80 Å². The van der Waals surface area contributed by atoms with Gasteiger partial charge in [0.2, 0.25) is 11.8 Å². The van der Waals surface area contributed by atoms with Crippen molar-refractivity contribution < 1.29 is 9.59 Å². The van der Waals surface area contributed by atoms with Crippen molar-refractivity contribution in [2.75, 3.05) is 26.2 Å². The van der Waals surface area contributed by atoms with Crippen LogP contribution >= 0.6 is 11.6 Å². The first-order valence-electron chi connectivity index (χ1n) is 8.88. The van der Waals surface area contributed by atoms with Crippen LogP contribution in [-0.4, -0.2) is 47.8 Å². The molecule has 3 rings (SSSR count). The van der Waals surface area contributed by atoms with E-state index in [0.29, 0.717) is 37.6 Å². The number of carbonyl (C=O) groups is 2. The first-order chi connectivity index (χ1) is 12.5. The van der Waals surface area contributed by atoms with Crippen molar-refractivity contribution in [1.29, 1.82) is 0 Å². The van der Waals surface area contributed by atoms with Crippen LogP contribution in [0.25, 0.3) is 0 Å². The minimum atomic E-state index is -0.0340. The summed E-state index contributed by atoms with van der Waals surface area (Å²) in [4.78, 5) is 28.0. The monoisotopic (exact) mass is 370 g/mol. The maximum atomic E-state index is 12.9. The van der Waals surface area contributed by atoms with Crippen LogP contribution in [-0.2, 0) is 9.59 Å². The second-order valence-corrected chi connectivity index (χ2v) is 7.05. The van der Waals surface area contributed by atoms with Crippen LogP contribution in [0.3, 0.4) is 0 Å². The topological polar surface area (TPSA) is 40.6 Å². The highest BCUT2D eigenvalue weighted by Gasteiger charge is 2.26. The van der Waals surface area contributed by atoms with E-state index >= 15 is 0 Å². The third-order valence-electron chi connectivity index (χ3n) is 4.91. The molecule has 2 aromatic rings. The van der Waals surface area contributed by atoms with E-state index in [1.165, 1.54) is 0 Å². The van der Waals surface area contributed by atoms with Crippen LogP contribution in [0.1, 0.15) is 30.4 Å². The molecule has 26 heavy (non-hydrogen) atoms. The molecule has 1 aliphatic heterocycles. The summed E-state index contributed by atoms with van der Waals surface area (Å²) in [6.45, 7) is 3.97. The predicted molar refractivity (Wildman–Crippen MR) is 103 cm³/mol. The summed E-state index contributed by atoms with van der Waals surface area (Å²) in [5.74, 6) is 0.147. The number of piperazine rings is 1. The molecule has 5 heteroatoms. The zero-order chi connectivity index (χ0) is 18.5. The molecule has 0 spiro atoms. The fraction of sp³-hybridized carbons (Fsp3) is 0.333. The highest BCUT2D eigenvalue weighted by atomic mass is 35.5. The van der Waals surface area contributed by atoms with Crippen molar-refractivity contribution in [3.05, 3.63) is 70.7 Å². The number of halogens is 1. The van der Waals surface area contributed by atoms with E-state index in [0.717, 1.165) is 11.1 Å². The van der Waals surface area contributed by atoms with E-state index in [2.05, 4.69) is 0 Å². The highest BCUT2D eigenvalue weighted by molar-refractivity contribution is 6.30. The second-order valence-electron chi connectivity index (χ2n) is 6.61. The summed E-state index contributed by atoms with van der Waals surface area (Å²) in [5, 5.41) is 0.672. The lowest BCUT2D eigenvalue weighted by Crippen LogP contribution is -2.50. The smallest absolute Gasteiger partial charge is 0.223 e. The fourth-order valence-corrected chi connectivity index (χ4v) is 3.61. The van der Waals surface area contributed by atoms with Gasteiger partial charge in [0.25, 0.3) is 0 Å². The molecule has 0 saturated carbocycles. The number of hydrogen-bond acceptors (Lipinski definition) is 2. The minimum Gasteiger partial charge on any atom is -0.339 e. The molecule has 1 atom stereocenters. The number of amides is 2. The molecule has 1 fully saturated rings. The molecule has 0 N–H and O–H groups in total. The lowest BCUT2D eigenvalue weighted by molar-refractivity contribution is -0.138. The summed E-state index contributed by atoms with van der Waals surface area (Å²) in [7, 11) is 0. The zero-order valence-electron chi connectivity index (χ0n) is 14.9. The molecular weight excluding hydrogens is 348 g/mol. The van der Waals surface area contributed by atoms with E-state index in [9.17, 15) is 9.59 Å². The first-order valence-corrected chi connectivity index (χ1v) is 9.26. The fourth-order valence-electron chi connectivity index (χ4n) is 3.41. The normalized spacial score (nSPS) is 15.6. The molecule has 0 unspecified atom stereocenters. The van der Waals surface area contributed by atoms with E-state index in [-0.39, 0.29) is 17.7 Å². The summed E-state index contributed by atoms with van der Waals surface area (Å²) in [6.07, 6.45) is 0.393. The van der Waals surface area contributed by atoms with Crippen molar-refractivity contribution >= 4 is 23.4 Å². The number of carbonyl (C=O) groups excluding carboxylic acids is 2. The molecule has 2 aromatic carbocycles. The van der Waals surface area contributed by atoms with Gasteiger partial charge in [-0.3, -0.25) is 9.59 Å². The van der Waals surface area contributed by atoms with Crippen molar-refractivity contribution in [3.63, 3.8) is 0 Å². The largest absolute Gasteiger partial charge is 0.339 e. The summed E-state index contributed by atoms with van der Waals surface area (Å²) in [6, 6.07) is 17.8. The molecule has 0 aliphatic carbocycles. The third-order valence-corrected chi connectivity index (χ3v) is 5.14. The Morgan fingerprint density at radius 1 is 0.923 bits per heavy atom. The van der Waals surface area contributed by atoms with Gasteiger partial charge in [0.15, 0.2) is 0 Å². The summed E-state index contributed by atoms with van der Waals surface area (Å²) in [5.41, 5.74) is 2.14. The maximum Gasteiger partial charge on any atom is 0.223 e. The standard InChI is InChI=1S/C21H23ClN2O2/c1-16(25)23-10-12-24(13-11-23)21(26)15-20(17-6-3-2-4-7-17)18-8-5-9-19(22)14-18/h2-9,14,20H,10-13,15H2,1H3/t20-/m1/s1. The SMILES string of the molecule is CC(=O)N1CCN(C(=O)C[C@H](c2ccccc2)c2cccc(Cl)c2)CC1. The maximum absolute atomic E-state index is 12.9. The summed E-state index contributed by atoms with van der Waals surface area (Å²) < 4.78 is 0. The van der Waals surface area contributed by atoms with Gasteiger partial charge >= 0.3 is 0 Å². The predicted octanol–water partition coefficient (Wildman–Crippen LogP) is 3.55. The summed E-state index contributed by atoms with van der Waals surface area (Å²) >= 11 is 6.17. The van der Waals surface area contributed by atoms with E-state index in [1.807, 2.05) is 59.5 Å². The highest BCUT2D eigenvalue weighted by Crippen LogP contribution is 2.30. The quantitative estimate of drug-likeness (QED) is 0.825. The Kier molecular flexibility index (Phi) is 5.94.